The number of aromatic nitrogens is 3. The lowest BCUT2D eigenvalue weighted by Crippen LogP contribution is -2.14. The second kappa shape index (κ2) is 13.1. The van der Waals surface area contributed by atoms with Crippen LogP contribution in [0.3, 0.4) is 0 Å². The van der Waals surface area contributed by atoms with Crippen molar-refractivity contribution in [3.05, 3.63) is 199 Å². The summed E-state index contributed by atoms with van der Waals surface area (Å²) in [4.78, 5) is 0. The maximum Gasteiger partial charge on any atom is 0.136 e. The lowest BCUT2D eigenvalue weighted by molar-refractivity contribution is 0.669. The highest BCUT2D eigenvalue weighted by atomic mass is 16.3. The van der Waals surface area contributed by atoms with Gasteiger partial charge >= 0.3 is 0 Å². The summed E-state index contributed by atoms with van der Waals surface area (Å²) in [6, 6.07) is 68.2. The van der Waals surface area contributed by atoms with Gasteiger partial charge in [0.15, 0.2) is 0 Å². The Morgan fingerprint density at radius 2 is 0.778 bits per heavy atom. The molecule has 63 heavy (non-hydrogen) atoms. The normalized spacial score (nSPS) is 11.9. The summed E-state index contributed by atoms with van der Waals surface area (Å²) >= 11 is 0. The first-order valence-corrected chi connectivity index (χ1v) is 21.1. The standard InChI is InChI=1S/C57H33N5O/c1-34-26-28-35(29-27-34)52-56(60-44-20-8-2-14-36(44)37-15-3-9-21-45(37)60)42(32-58)55(43(33-59)57(52)61-46-22-10-4-16-38(46)39-17-5-11-23-47(39)61)62-48-24-12-6-18-40(48)53-49(62)30-31-51-54(53)41-19-7-13-25-50(41)63-51/h2-31H,1H3. The molecule has 292 valence electrons. The summed E-state index contributed by atoms with van der Waals surface area (Å²) in [7, 11) is 0. The van der Waals surface area contributed by atoms with Crippen molar-refractivity contribution in [2.75, 3.05) is 0 Å². The van der Waals surface area contributed by atoms with Crippen molar-refractivity contribution >= 4 is 87.4 Å². The second-order valence-corrected chi connectivity index (χ2v) is 16.3. The molecule has 0 bridgehead atoms. The van der Waals surface area contributed by atoms with Gasteiger partial charge < -0.3 is 18.1 Å². The monoisotopic (exact) mass is 803 g/mol. The van der Waals surface area contributed by atoms with Gasteiger partial charge in [-0.15, -0.1) is 0 Å². The lowest BCUT2D eigenvalue weighted by Gasteiger charge is -2.26. The molecular formula is C57H33N5O. The van der Waals surface area contributed by atoms with Gasteiger partial charge in [-0.25, -0.2) is 0 Å². The molecular weight excluding hydrogens is 771 g/mol. The topological polar surface area (TPSA) is 75.5 Å². The van der Waals surface area contributed by atoms with Crippen LogP contribution in [0.4, 0.5) is 0 Å². The van der Waals surface area contributed by atoms with Crippen LogP contribution in [0.25, 0.3) is 116 Å². The summed E-state index contributed by atoms with van der Waals surface area (Å²) in [5, 5.41) is 32.4. The minimum atomic E-state index is 0.387. The molecule has 0 aliphatic heterocycles. The average Bonchev–Trinajstić information content (AvgIpc) is 4.07. The number of furan rings is 1. The first kappa shape index (κ1) is 35.0. The van der Waals surface area contributed by atoms with Crippen LogP contribution < -0.4 is 0 Å². The molecule has 0 aliphatic rings. The molecule has 0 atom stereocenters. The fourth-order valence-electron chi connectivity index (χ4n) is 10.4. The minimum absolute atomic E-state index is 0.387. The number of benzene rings is 9. The quantitative estimate of drug-likeness (QED) is 0.178. The lowest BCUT2D eigenvalue weighted by atomic mass is 9.91. The van der Waals surface area contributed by atoms with Crippen LogP contribution in [0.5, 0.6) is 0 Å². The van der Waals surface area contributed by atoms with E-state index in [1.807, 2.05) is 30.3 Å². The molecule has 0 fully saturated rings. The minimum Gasteiger partial charge on any atom is -0.456 e. The summed E-state index contributed by atoms with van der Waals surface area (Å²) < 4.78 is 13.1. The molecule has 4 heterocycles. The Morgan fingerprint density at radius 1 is 0.365 bits per heavy atom. The summed E-state index contributed by atoms with van der Waals surface area (Å²) in [5.74, 6) is 0. The van der Waals surface area contributed by atoms with E-state index in [0.29, 0.717) is 28.2 Å². The SMILES string of the molecule is Cc1ccc(-c2c(-n3c4ccccc4c4ccccc43)c(C#N)c(-n3c4ccccc4c4c5c(ccc43)oc3ccccc35)c(C#N)c2-n2c3ccccc3c3ccccc32)cc1. The predicted octanol–water partition coefficient (Wildman–Crippen LogP) is 14.6. The number of fused-ring (bicyclic) bond motifs is 13. The zero-order valence-electron chi connectivity index (χ0n) is 34.0. The Hall–Kier alpha value is -8.84. The van der Waals surface area contributed by atoms with Crippen molar-refractivity contribution in [2.45, 2.75) is 6.92 Å². The van der Waals surface area contributed by atoms with Crippen LogP contribution in [0.1, 0.15) is 16.7 Å². The fourth-order valence-corrected chi connectivity index (χ4v) is 10.4. The summed E-state index contributed by atoms with van der Waals surface area (Å²) in [5.41, 5.74) is 12.6. The fraction of sp³-hybridized carbons (Fsp3) is 0.0175. The third kappa shape index (κ3) is 4.69. The molecule has 0 saturated carbocycles. The summed E-state index contributed by atoms with van der Waals surface area (Å²) in [6.45, 7) is 2.08. The second-order valence-electron chi connectivity index (χ2n) is 16.3. The first-order chi connectivity index (χ1) is 31.1. The van der Waals surface area contributed by atoms with Crippen LogP contribution in [-0.4, -0.2) is 13.7 Å². The molecule has 13 aromatic rings. The van der Waals surface area contributed by atoms with E-state index in [4.69, 9.17) is 4.42 Å². The Kier molecular flexibility index (Phi) is 7.26. The van der Waals surface area contributed by atoms with Crippen molar-refractivity contribution in [1.29, 1.82) is 10.5 Å². The highest BCUT2D eigenvalue weighted by molar-refractivity contribution is 6.27. The molecule has 4 aromatic heterocycles. The Bertz CT molecular complexity index is 3920. The zero-order chi connectivity index (χ0) is 41.9. The molecule has 0 saturated heterocycles. The molecule has 6 nitrogen and oxygen atoms in total. The average molecular weight is 804 g/mol. The van der Waals surface area contributed by atoms with Crippen molar-refractivity contribution in [2.24, 2.45) is 0 Å². The van der Waals surface area contributed by atoms with E-state index >= 15 is 0 Å². The predicted molar refractivity (Wildman–Crippen MR) is 256 cm³/mol. The molecule has 0 radical (unpaired) electrons. The van der Waals surface area contributed by atoms with Crippen molar-refractivity contribution in [3.8, 4) is 40.3 Å². The van der Waals surface area contributed by atoms with E-state index in [1.54, 1.807) is 0 Å². The molecule has 0 spiro atoms. The number of nitrogens with zero attached hydrogens (tertiary/aromatic N) is 5. The van der Waals surface area contributed by atoms with E-state index in [1.165, 1.54) is 0 Å². The Balaban J connectivity index is 1.34. The molecule has 0 aliphatic carbocycles. The number of para-hydroxylation sites is 6. The van der Waals surface area contributed by atoms with E-state index in [-0.39, 0.29) is 0 Å². The van der Waals surface area contributed by atoms with Gasteiger partial charge in [0.2, 0.25) is 0 Å². The summed E-state index contributed by atoms with van der Waals surface area (Å²) in [6.07, 6.45) is 0. The van der Waals surface area contributed by atoms with Gasteiger partial charge in [0, 0.05) is 48.7 Å². The Labute approximate surface area is 360 Å². The van der Waals surface area contributed by atoms with Crippen LogP contribution in [0.15, 0.2) is 186 Å². The highest BCUT2D eigenvalue weighted by Gasteiger charge is 2.33. The third-order valence-electron chi connectivity index (χ3n) is 13.0. The maximum absolute atomic E-state index is 12.1. The maximum atomic E-state index is 12.1. The van der Waals surface area contributed by atoms with Gasteiger partial charge in [0.05, 0.1) is 50.2 Å². The number of rotatable bonds is 4. The zero-order valence-corrected chi connectivity index (χ0v) is 34.0. The van der Waals surface area contributed by atoms with Gasteiger partial charge in [-0.05, 0) is 61.0 Å². The Morgan fingerprint density at radius 3 is 1.27 bits per heavy atom. The molecule has 0 N–H and O–H groups in total. The van der Waals surface area contributed by atoms with Crippen molar-refractivity contribution in [3.63, 3.8) is 0 Å². The van der Waals surface area contributed by atoms with Gasteiger partial charge in [-0.2, -0.15) is 10.5 Å². The highest BCUT2D eigenvalue weighted by Crippen LogP contribution is 2.49. The number of nitriles is 2. The van der Waals surface area contributed by atoms with Crippen LogP contribution >= 0.6 is 0 Å². The molecule has 0 amide bonds. The van der Waals surface area contributed by atoms with Crippen LogP contribution in [-0.2, 0) is 0 Å². The molecule has 6 heteroatoms. The van der Waals surface area contributed by atoms with Crippen LogP contribution in [0, 0.1) is 29.6 Å². The third-order valence-corrected chi connectivity index (χ3v) is 13.0. The van der Waals surface area contributed by atoms with Gasteiger partial charge in [-0.1, -0.05) is 139 Å². The first-order valence-electron chi connectivity index (χ1n) is 21.1. The van der Waals surface area contributed by atoms with Gasteiger partial charge in [0.1, 0.15) is 34.4 Å². The number of aryl methyl sites for hydroxylation is 1. The molecule has 9 aromatic carbocycles. The molecule has 0 unspecified atom stereocenters. The van der Waals surface area contributed by atoms with E-state index < -0.39 is 0 Å². The van der Waals surface area contributed by atoms with E-state index in [2.05, 4.69) is 184 Å². The van der Waals surface area contributed by atoms with Crippen LogP contribution in [0.2, 0.25) is 0 Å². The van der Waals surface area contributed by atoms with Crippen molar-refractivity contribution in [1.82, 2.24) is 13.7 Å². The number of hydrogen-bond donors (Lipinski definition) is 0. The smallest absolute Gasteiger partial charge is 0.136 e. The van der Waals surface area contributed by atoms with Gasteiger partial charge in [0.25, 0.3) is 0 Å². The largest absolute Gasteiger partial charge is 0.456 e. The van der Waals surface area contributed by atoms with Gasteiger partial charge in [-0.3, -0.25) is 0 Å². The van der Waals surface area contributed by atoms with E-state index in [9.17, 15) is 10.5 Å². The number of hydrogen-bond acceptors (Lipinski definition) is 3. The molecule has 13 rings (SSSR count). The van der Waals surface area contributed by atoms with Crippen molar-refractivity contribution < 1.29 is 4.42 Å². The van der Waals surface area contributed by atoms with E-state index in [0.717, 1.165) is 104 Å².